The van der Waals surface area contributed by atoms with Gasteiger partial charge in [0.2, 0.25) is 0 Å². The van der Waals surface area contributed by atoms with Crippen LogP contribution in [-0.2, 0) is 10.3 Å². The number of hydrogen-bond donors (Lipinski definition) is 1. The third kappa shape index (κ3) is 2.42. The molecule has 1 aliphatic rings. The average Bonchev–Trinajstić information content (AvgIpc) is 2.78. The van der Waals surface area contributed by atoms with Crippen LogP contribution < -0.4 is 5.32 Å². The number of urea groups is 1. The van der Waals surface area contributed by atoms with Gasteiger partial charge in [-0.1, -0.05) is 36.4 Å². The lowest BCUT2D eigenvalue weighted by Crippen LogP contribution is -2.41. The first-order valence-electron chi connectivity index (χ1n) is 7.48. The van der Waals surface area contributed by atoms with Crippen LogP contribution in [0.15, 0.2) is 42.5 Å². The smallest absolute Gasteiger partial charge is 0.319 e. The van der Waals surface area contributed by atoms with Gasteiger partial charge in [0, 0.05) is 6.54 Å². The summed E-state index contributed by atoms with van der Waals surface area (Å²) in [6, 6.07) is 15.2. The van der Waals surface area contributed by atoms with Crippen LogP contribution in [0.3, 0.4) is 0 Å². The molecule has 23 heavy (non-hydrogen) atoms. The zero-order valence-corrected chi connectivity index (χ0v) is 13.0. The Balaban J connectivity index is 1.99. The molecule has 5 heteroatoms. The van der Waals surface area contributed by atoms with Crippen molar-refractivity contribution in [3.8, 4) is 6.07 Å². The second-order valence-electron chi connectivity index (χ2n) is 6.06. The molecule has 2 atom stereocenters. The molecule has 116 valence electrons. The second-order valence-corrected chi connectivity index (χ2v) is 6.06. The number of benzene rings is 2. The maximum Gasteiger partial charge on any atom is 0.325 e. The van der Waals surface area contributed by atoms with E-state index in [1.165, 1.54) is 0 Å². The van der Waals surface area contributed by atoms with Gasteiger partial charge in [-0.25, -0.2) is 4.79 Å². The topological polar surface area (TPSA) is 73.2 Å². The number of nitriles is 1. The van der Waals surface area contributed by atoms with Crippen LogP contribution in [-0.4, -0.2) is 23.4 Å². The lowest BCUT2D eigenvalue weighted by atomic mass is 9.90. The third-order valence-corrected chi connectivity index (χ3v) is 4.28. The van der Waals surface area contributed by atoms with E-state index >= 15 is 0 Å². The summed E-state index contributed by atoms with van der Waals surface area (Å²) in [6.45, 7) is 3.49. The fraction of sp³-hybridized carbons (Fsp3) is 0.278. The number of rotatable bonds is 3. The fourth-order valence-corrected chi connectivity index (χ4v) is 2.87. The predicted molar refractivity (Wildman–Crippen MR) is 86.3 cm³/mol. The van der Waals surface area contributed by atoms with Crippen molar-refractivity contribution in [3.05, 3.63) is 48.0 Å². The van der Waals surface area contributed by atoms with Gasteiger partial charge in [0.05, 0.1) is 12.0 Å². The standard InChI is InChI=1S/C18H17N3O2/c1-12(10-19)11-21-16(22)18(2,20-17(21)23)15-8-7-13-5-3-4-6-14(13)9-15/h3-9,12H,11H2,1-2H3,(H,20,23)/t12-,18+/m1/s1. The highest BCUT2D eigenvalue weighted by Gasteiger charge is 2.49. The molecule has 0 bridgehead atoms. The molecule has 5 nitrogen and oxygen atoms in total. The van der Waals surface area contributed by atoms with Crippen LogP contribution in [0.5, 0.6) is 0 Å². The van der Waals surface area contributed by atoms with Crippen molar-refractivity contribution in [3.63, 3.8) is 0 Å². The molecular weight excluding hydrogens is 290 g/mol. The molecule has 2 aromatic carbocycles. The first-order chi connectivity index (χ1) is 11.0. The van der Waals surface area contributed by atoms with Crippen molar-refractivity contribution in [1.82, 2.24) is 10.2 Å². The monoisotopic (exact) mass is 307 g/mol. The Morgan fingerprint density at radius 1 is 1.22 bits per heavy atom. The summed E-state index contributed by atoms with van der Waals surface area (Å²) in [5.74, 6) is -0.719. The van der Waals surface area contributed by atoms with Crippen LogP contribution in [0.1, 0.15) is 19.4 Å². The Labute approximate surface area is 134 Å². The lowest BCUT2D eigenvalue weighted by molar-refractivity contribution is -0.131. The van der Waals surface area contributed by atoms with Gasteiger partial charge in [-0.2, -0.15) is 5.26 Å². The van der Waals surface area contributed by atoms with Crippen LogP contribution in [0, 0.1) is 17.2 Å². The molecule has 0 spiro atoms. The minimum absolute atomic E-state index is 0.102. The third-order valence-electron chi connectivity index (χ3n) is 4.28. The summed E-state index contributed by atoms with van der Waals surface area (Å²) in [5, 5.41) is 13.8. The normalized spacial score (nSPS) is 22.0. The zero-order chi connectivity index (χ0) is 16.6. The number of amides is 3. The van der Waals surface area contributed by atoms with Gasteiger partial charge < -0.3 is 5.32 Å². The summed E-state index contributed by atoms with van der Waals surface area (Å²) in [5.41, 5.74) is -0.363. The maximum absolute atomic E-state index is 12.8. The van der Waals surface area contributed by atoms with Gasteiger partial charge in [-0.15, -0.1) is 0 Å². The van der Waals surface area contributed by atoms with Crippen LogP contribution in [0.2, 0.25) is 0 Å². The molecule has 0 aromatic heterocycles. The zero-order valence-electron chi connectivity index (χ0n) is 13.0. The van der Waals surface area contributed by atoms with Gasteiger partial charge in [0.1, 0.15) is 5.54 Å². The van der Waals surface area contributed by atoms with E-state index in [-0.39, 0.29) is 12.5 Å². The van der Waals surface area contributed by atoms with Crippen molar-refractivity contribution < 1.29 is 9.59 Å². The fourth-order valence-electron chi connectivity index (χ4n) is 2.87. The summed E-state index contributed by atoms with van der Waals surface area (Å²) in [4.78, 5) is 26.1. The quantitative estimate of drug-likeness (QED) is 0.886. The Kier molecular flexibility index (Phi) is 3.53. The molecular formula is C18H17N3O2. The van der Waals surface area contributed by atoms with Crippen molar-refractivity contribution in [2.24, 2.45) is 5.92 Å². The van der Waals surface area contributed by atoms with Crippen LogP contribution in [0.25, 0.3) is 10.8 Å². The number of fused-ring (bicyclic) bond motifs is 1. The number of nitrogens with one attached hydrogen (secondary N) is 1. The number of carbonyl (C=O) groups is 2. The Morgan fingerprint density at radius 3 is 2.61 bits per heavy atom. The Bertz CT molecular complexity index is 840. The highest BCUT2D eigenvalue weighted by atomic mass is 16.2. The second kappa shape index (κ2) is 5.40. The molecule has 0 unspecified atom stereocenters. The van der Waals surface area contributed by atoms with Gasteiger partial charge in [0.25, 0.3) is 5.91 Å². The molecule has 1 aliphatic heterocycles. The van der Waals surface area contributed by atoms with E-state index in [0.717, 1.165) is 21.2 Å². The van der Waals surface area contributed by atoms with E-state index in [9.17, 15) is 9.59 Å². The van der Waals surface area contributed by atoms with E-state index in [2.05, 4.69) is 11.4 Å². The first-order valence-corrected chi connectivity index (χ1v) is 7.48. The molecule has 1 heterocycles. The van der Waals surface area contributed by atoms with Crippen molar-refractivity contribution >= 4 is 22.7 Å². The predicted octanol–water partition coefficient (Wildman–Crippen LogP) is 2.77. The molecule has 1 fully saturated rings. The highest BCUT2D eigenvalue weighted by molar-refractivity contribution is 6.07. The molecule has 0 saturated carbocycles. The van der Waals surface area contributed by atoms with E-state index < -0.39 is 17.5 Å². The molecule has 2 aromatic rings. The minimum Gasteiger partial charge on any atom is -0.319 e. The summed E-state index contributed by atoms with van der Waals surface area (Å²) >= 11 is 0. The van der Waals surface area contributed by atoms with E-state index in [1.807, 2.05) is 42.5 Å². The summed E-state index contributed by atoms with van der Waals surface area (Å²) in [7, 11) is 0. The summed E-state index contributed by atoms with van der Waals surface area (Å²) in [6.07, 6.45) is 0. The van der Waals surface area contributed by atoms with Gasteiger partial charge >= 0.3 is 6.03 Å². The van der Waals surface area contributed by atoms with Crippen molar-refractivity contribution in [2.75, 3.05) is 6.54 Å². The molecule has 3 rings (SSSR count). The van der Waals surface area contributed by atoms with Gasteiger partial charge in [-0.05, 0) is 36.2 Å². The van der Waals surface area contributed by atoms with E-state index in [1.54, 1.807) is 13.8 Å². The SMILES string of the molecule is C[C@H](C#N)CN1C(=O)N[C@@](C)(c2ccc3ccccc3c2)C1=O. The number of imide groups is 1. The highest BCUT2D eigenvalue weighted by Crippen LogP contribution is 2.31. The van der Waals surface area contributed by atoms with Crippen molar-refractivity contribution in [2.45, 2.75) is 19.4 Å². The molecule has 0 aliphatic carbocycles. The van der Waals surface area contributed by atoms with Crippen molar-refractivity contribution in [1.29, 1.82) is 5.26 Å². The number of nitrogens with zero attached hydrogens (tertiary/aromatic N) is 2. The minimum atomic E-state index is -1.10. The molecule has 0 radical (unpaired) electrons. The number of carbonyl (C=O) groups excluding carboxylic acids is 2. The Hall–Kier alpha value is -2.87. The average molecular weight is 307 g/mol. The maximum atomic E-state index is 12.8. The molecule has 3 amide bonds. The first kappa shape index (κ1) is 15.0. The van der Waals surface area contributed by atoms with Crippen LogP contribution >= 0.6 is 0 Å². The van der Waals surface area contributed by atoms with Crippen LogP contribution in [0.4, 0.5) is 4.79 Å². The molecule has 1 saturated heterocycles. The van der Waals surface area contributed by atoms with Gasteiger partial charge in [0.15, 0.2) is 0 Å². The largest absolute Gasteiger partial charge is 0.325 e. The molecule has 1 N–H and O–H groups in total. The Morgan fingerprint density at radius 2 is 1.91 bits per heavy atom. The van der Waals surface area contributed by atoms with E-state index in [4.69, 9.17) is 5.26 Å². The lowest BCUT2D eigenvalue weighted by Gasteiger charge is -2.23. The summed E-state index contributed by atoms with van der Waals surface area (Å²) < 4.78 is 0. The van der Waals surface area contributed by atoms with Gasteiger partial charge in [-0.3, -0.25) is 9.69 Å². The number of hydrogen-bond acceptors (Lipinski definition) is 3. The van der Waals surface area contributed by atoms with E-state index in [0.29, 0.717) is 0 Å².